The van der Waals surface area contributed by atoms with Crippen molar-refractivity contribution < 1.29 is 14.4 Å². The molecule has 1 heterocycles. The average Bonchev–Trinajstić information content (AvgIpc) is 2.73. The van der Waals surface area contributed by atoms with E-state index in [2.05, 4.69) is 5.32 Å². The molecule has 0 bridgehead atoms. The first-order valence-corrected chi connectivity index (χ1v) is 10.2. The maximum absolute atomic E-state index is 12.7. The molecular weight excluding hydrogens is 411 g/mol. The van der Waals surface area contributed by atoms with Gasteiger partial charge in [-0.15, -0.1) is 0 Å². The third-order valence-corrected chi connectivity index (χ3v) is 5.84. The fourth-order valence-corrected chi connectivity index (χ4v) is 3.70. The summed E-state index contributed by atoms with van der Waals surface area (Å²) in [4.78, 5) is 38.2. The minimum atomic E-state index is -0.128. The van der Waals surface area contributed by atoms with Gasteiger partial charge in [-0.2, -0.15) is 0 Å². The van der Waals surface area contributed by atoms with Crippen LogP contribution in [-0.4, -0.2) is 35.6 Å². The molecule has 0 radical (unpaired) electrons. The number of halogens is 2. The van der Waals surface area contributed by atoms with Crippen molar-refractivity contribution >= 4 is 40.8 Å². The molecule has 2 aromatic rings. The fraction of sp³-hybridized carbons (Fsp3) is 0.318. The summed E-state index contributed by atoms with van der Waals surface area (Å²) in [7, 11) is 0. The van der Waals surface area contributed by atoms with Crippen molar-refractivity contribution in [3.8, 4) is 0 Å². The lowest BCUT2D eigenvalue weighted by atomic mass is 9.88. The zero-order valence-electron chi connectivity index (χ0n) is 16.1. The summed E-state index contributed by atoms with van der Waals surface area (Å²) in [6.07, 6.45) is 1.23. The molecule has 7 heteroatoms. The summed E-state index contributed by atoms with van der Waals surface area (Å²) in [6.45, 7) is 2.97. The Morgan fingerprint density at radius 1 is 0.966 bits per heavy atom. The molecule has 1 N–H and O–H groups in total. The van der Waals surface area contributed by atoms with Gasteiger partial charge in [0.15, 0.2) is 5.78 Å². The van der Waals surface area contributed by atoms with Gasteiger partial charge in [0.05, 0.1) is 10.0 Å². The Morgan fingerprint density at radius 2 is 1.59 bits per heavy atom. The van der Waals surface area contributed by atoms with E-state index in [0.29, 0.717) is 53.6 Å². The quantitative estimate of drug-likeness (QED) is 0.713. The topological polar surface area (TPSA) is 66.5 Å². The number of rotatable bonds is 5. The number of hydrogen-bond acceptors (Lipinski definition) is 3. The molecule has 29 heavy (non-hydrogen) atoms. The molecule has 5 nitrogen and oxygen atoms in total. The van der Waals surface area contributed by atoms with Crippen LogP contribution in [0.15, 0.2) is 42.5 Å². The number of carbonyl (C=O) groups excluding carboxylic acids is 3. The molecule has 1 fully saturated rings. The van der Waals surface area contributed by atoms with Gasteiger partial charge in [0.1, 0.15) is 0 Å². The molecule has 0 saturated carbocycles. The Kier molecular flexibility index (Phi) is 6.93. The van der Waals surface area contributed by atoms with Crippen LogP contribution in [0.1, 0.15) is 46.0 Å². The Balaban J connectivity index is 1.57. The highest BCUT2D eigenvalue weighted by Gasteiger charge is 2.28. The van der Waals surface area contributed by atoms with Gasteiger partial charge < -0.3 is 10.2 Å². The molecule has 2 aromatic carbocycles. The number of hydrogen-bond donors (Lipinski definition) is 1. The minimum absolute atomic E-state index is 0.0398. The van der Waals surface area contributed by atoms with E-state index < -0.39 is 0 Å². The van der Waals surface area contributed by atoms with Crippen LogP contribution in [0.5, 0.6) is 0 Å². The van der Waals surface area contributed by atoms with Crippen molar-refractivity contribution in [2.24, 2.45) is 5.92 Å². The van der Waals surface area contributed by atoms with Gasteiger partial charge in [0, 0.05) is 43.6 Å². The zero-order chi connectivity index (χ0) is 21.0. The predicted octanol–water partition coefficient (Wildman–Crippen LogP) is 4.36. The monoisotopic (exact) mass is 432 g/mol. The summed E-state index contributed by atoms with van der Waals surface area (Å²) < 4.78 is 0. The predicted molar refractivity (Wildman–Crippen MR) is 113 cm³/mol. The number of benzene rings is 2. The maximum Gasteiger partial charge on any atom is 0.253 e. The maximum atomic E-state index is 12.7. The van der Waals surface area contributed by atoms with Crippen molar-refractivity contribution in [1.29, 1.82) is 0 Å². The van der Waals surface area contributed by atoms with Gasteiger partial charge >= 0.3 is 0 Å². The van der Waals surface area contributed by atoms with Crippen molar-refractivity contribution in [2.45, 2.75) is 26.3 Å². The fourth-order valence-electron chi connectivity index (χ4n) is 3.40. The molecular formula is C22H22Cl2N2O3. The van der Waals surface area contributed by atoms with Crippen LogP contribution < -0.4 is 5.32 Å². The number of ketones is 1. The van der Waals surface area contributed by atoms with E-state index in [1.165, 1.54) is 6.92 Å². The van der Waals surface area contributed by atoms with Crippen LogP contribution in [0.25, 0.3) is 0 Å². The van der Waals surface area contributed by atoms with E-state index in [1.54, 1.807) is 35.2 Å². The second-order valence-corrected chi connectivity index (χ2v) is 7.98. The second-order valence-electron chi connectivity index (χ2n) is 7.17. The number of nitrogens with one attached hydrogen (secondary N) is 1. The van der Waals surface area contributed by atoms with Crippen LogP contribution in [0.3, 0.4) is 0 Å². The SMILES string of the molecule is CC(=O)NCc1ccc(C(=O)N2CCC(C(=O)c3ccc(Cl)c(Cl)c3)CC2)cc1. The van der Waals surface area contributed by atoms with Crippen LogP contribution >= 0.6 is 23.2 Å². The first-order valence-electron chi connectivity index (χ1n) is 9.47. The van der Waals surface area contributed by atoms with Crippen LogP contribution in [-0.2, 0) is 11.3 Å². The zero-order valence-corrected chi connectivity index (χ0v) is 17.6. The van der Waals surface area contributed by atoms with Gasteiger partial charge in [-0.3, -0.25) is 14.4 Å². The third-order valence-electron chi connectivity index (χ3n) is 5.10. The number of carbonyl (C=O) groups is 3. The van der Waals surface area contributed by atoms with E-state index >= 15 is 0 Å². The molecule has 0 aliphatic carbocycles. The highest BCUT2D eigenvalue weighted by molar-refractivity contribution is 6.42. The van der Waals surface area contributed by atoms with E-state index in [4.69, 9.17) is 23.2 Å². The minimum Gasteiger partial charge on any atom is -0.352 e. The van der Waals surface area contributed by atoms with E-state index in [9.17, 15) is 14.4 Å². The largest absolute Gasteiger partial charge is 0.352 e. The van der Waals surface area contributed by atoms with Gasteiger partial charge in [0.25, 0.3) is 5.91 Å². The number of piperidine rings is 1. The lowest BCUT2D eigenvalue weighted by molar-refractivity contribution is -0.119. The summed E-state index contributed by atoms with van der Waals surface area (Å²) in [5.74, 6) is -0.228. The van der Waals surface area contributed by atoms with Crippen molar-refractivity contribution in [2.75, 3.05) is 13.1 Å². The Hall–Kier alpha value is -2.37. The van der Waals surface area contributed by atoms with Crippen molar-refractivity contribution in [3.05, 3.63) is 69.2 Å². The van der Waals surface area contributed by atoms with E-state index in [1.807, 2.05) is 12.1 Å². The average molecular weight is 433 g/mol. The number of amides is 2. The van der Waals surface area contributed by atoms with Crippen molar-refractivity contribution in [1.82, 2.24) is 10.2 Å². The lowest BCUT2D eigenvalue weighted by Crippen LogP contribution is -2.40. The van der Waals surface area contributed by atoms with Gasteiger partial charge in [-0.25, -0.2) is 0 Å². The molecule has 1 aliphatic rings. The van der Waals surface area contributed by atoms with E-state index in [-0.39, 0.29) is 23.5 Å². The highest BCUT2D eigenvalue weighted by Crippen LogP contribution is 2.27. The first kappa shape index (κ1) is 21.3. The molecule has 3 rings (SSSR count). The number of nitrogens with zero attached hydrogens (tertiary/aromatic N) is 1. The summed E-state index contributed by atoms with van der Waals surface area (Å²) >= 11 is 11.9. The number of Topliss-reactive ketones (excluding diaryl/α,β-unsaturated/α-hetero) is 1. The van der Waals surface area contributed by atoms with E-state index in [0.717, 1.165) is 5.56 Å². The first-order chi connectivity index (χ1) is 13.8. The summed E-state index contributed by atoms with van der Waals surface area (Å²) in [5.41, 5.74) is 2.09. The molecule has 152 valence electrons. The Bertz CT molecular complexity index is 920. The molecule has 0 unspecified atom stereocenters. The third kappa shape index (κ3) is 5.37. The van der Waals surface area contributed by atoms with Crippen LogP contribution in [0.2, 0.25) is 10.0 Å². The number of likely N-dealkylation sites (tertiary alicyclic amines) is 1. The highest BCUT2D eigenvalue weighted by atomic mass is 35.5. The molecule has 1 aliphatic heterocycles. The summed E-state index contributed by atoms with van der Waals surface area (Å²) in [6, 6.07) is 12.1. The van der Waals surface area contributed by atoms with Crippen molar-refractivity contribution in [3.63, 3.8) is 0 Å². The van der Waals surface area contributed by atoms with Gasteiger partial charge in [-0.05, 0) is 48.7 Å². The van der Waals surface area contributed by atoms with Crippen LogP contribution in [0, 0.1) is 5.92 Å². The Morgan fingerprint density at radius 3 is 2.17 bits per heavy atom. The lowest BCUT2D eigenvalue weighted by Gasteiger charge is -2.31. The smallest absolute Gasteiger partial charge is 0.253 e. The molecule has 0 atom stereocenters. The van der Waals surface area contributed by atoms with Crippen LogP contribution in [0.4, 0.5) is 0 Å². The Labute approximate surface area is 180 Å². The van der Waals surface area contributed by atoms with Gasteiger partial charge in [-0.1, -0.05) is 35.3 Å². The standard InChI is InChI=1S/C22H22Cl2N2O3/c1-14(27)25-13-15-2-4-17(5-3-15)22(29)26-10-8-16(9-11-26)21(28)18-6-7-19(23)20(24)12-18/h2-7,12,16H,8-11,13H2,1H3,(H,25,27). The van der Waals surface area contributed by atoms with Gasteiger partial charge in [0.2, 0.25) is 5.91 Å². The molecule has 2 amide bonds. The second kappa shape index (κ2) is 9.42. The molecule has 0 aromatic heterocycles. The molecule has 1 saturated heterocycles. The molecule has 0 spiro atoms. The summed E-state index contributed by atoms with van der Waals surface area (Å²) in [5, 5.41) is 3.52. The normalized spacial score (nSPS) is 14.5.